The Bertz CT molecular complexity index is 887. The van der Waals surface area contributed by atoms with Crippen LogP contribution in [0.15, 0.2) is 60.7 Å². The van der Waals surface area contributed by atoms with Gasteiger partial charge in [0.25, 0.3) is 0 Å². The molecule has 0 saturated heterocycles. The number of hydrogen-bond acceptors (Lipinski definition) is 4. The first-order valence-electron chi connectivity index (χ1n) is 11.2. The van der Waals surface area contributed by atoms with Crippen LogP contribution >= 0.6 is 0 Å². The minimum Gasteiger partial charge on any atom is -0.487 e. The lowest BCUT2D eigenvalue weighted by molar-refractivity contribution is 0.00217. The number of nitrogens with zero attached hydrogens (tertiary/aromatic N) is 1. The number of para-hydroxylation sites is 1. The zero-order valence-electron chi connectivity index (χ0n) is 18.2. The van der Waals surface area contributed by atoms with Gasteiger partial charge in [0.15, 0.2) is 0 Å². The second-order valence-electron chi connectivity index (χ2n) is 7.95. The molecule has 0 amide bonds. The van der Waals surface area contributed by atoms with Crippen molar-refractivity contribution in [1.29, 1.82) is 0 Å². The van der Waals surface area contributed by atoms with Crippen LogP contribution in [0.3, 0.4) is 0 Å². The number of unbranched alkanes of at least 4 members (excludes halogenated alkanes) is 2. The van der Waals surface area contributed by atoms with Gasteiger partial charge in [0.1, 0.15) is 18.5 Å². The van der Waals surface area contributed by atoms with E-state index in [-0.39, 0.29) is 6.10 Å². The van der Waals surface area contributed by atoms with Crippen LogP contribution in [-0.4, -0.2) is 4.98 Å². The summed E-state index contributed by atoms with van der Waals surface area (Å²) in [5.41, 5.74) is 3.02. The van der Waals surface area contributed by atoms with Crippen LogP contribution in [0.2, 0.25) is 0 Å². The van der Waals surface area contributed by atoms with Crippen LogP contribution in [0, 0.1) is 5.92 Å². The molecule has 2 N–H and O–H groups in total. The molecule has 4 heteroatoms. The molecule has 3 aromatic rings. The predicted molar refractivity (Wildman–Crippen MR) is 123 cm³/mol. The molecule has 0 aliphatic heterocycles. The first-order valence-corrected chi connectivity index (χ1v) is 11.2. The second-order valence-corrected chi connectivity index (χ2v) is 7.95. The van der Waals surface area contributed by atoms with E-state index in [1.807, 2.05) is 36.4 Å². The molecule has 1 atom stereocenters. The molecule has 0 aliphatic rings. The van der Waals surface area contributed by atoms with Crippen LogP contribution in [0.1, 0.15) is 69.7 Å². The van der Waals surface area contributed by atoms with E-state index in [0.717, 1.165) is 40.8 Å². The standard InChI is InChI=1S/C26H34N2O2/c1-3-5-9-21(10-6-4-2)26(30-27)22-14-17-24(18-15-22)29-19-23-16-13-20-11-7-8-12-25(20)28-23/h7-8,11-18,21,26H,3-6,9-10,19,27H2,1-2H3. The molecule has 1 heterocycles. The molecule has 30 heavy (non-hydrogen) atoms. The number of hydrogen-bond donors (Lipinski definition) is 1. The molecule has 0 fully saturated rings. The van der Waals surface area contributed by atoms with Gasteiger partial charge in [-0.3, -0.25) is 4.84 Å². The van der Waals surface area contributed by atoms with E-state index in [0.29, 0.717) is 12.5 Å². The monoisotopic (exact) mass is 406 g/mol. The molecule has 1 unspecified atom stereocenters. The fraction of sp³-hybridized carbons (Fsp3) is 0.423. The van der Waals surface area contributed by atoms with Gasteiger partial charge in [-0.25, -0.2) is 10.9 Å². The highest BCUT2D eigenvalue weighted by Gasteiger charge is 2.23. The van der Waals surface area contributed by atoms with Gasteiger partial charge in [-0.05, 0) is 48.6 Å². The number of nitrogens with two attached hydrogens (primary N) is 1. The molecule has 3 rings (SSSR count). The maximum atomic E-state index is 5.97. The molecule has 0 radical (unpaired) electrons. The van der Waals surface area contributed by atoms with E-state index < -0.39 is 0 Å². The third-order valence-electron chi connectivity index (χ3n) is 5.68. The highest BCUT2D eigenvalue weighted by atomic mass is 16.6. The number of pyridine rings is 1. The topological polar surface area (TPSA) is 57.4 Å². The largest absolute Gasteiger partial charge is 0.487 e. The maximum absolute atomic E-state index is 5.97. The average Bonchev–Trinajstić information content (AvgIpc) is 2.80. The molecule has 160 valence electrons. The Kier molecular flexibility index (Phi) is 8.66. The zero-order chi connectivity index (χ0) is 21.2. The lowest BCUT2D eigenvalue weighted by Crippen LogP contribution is -2.20. The van der Waals surface area contributed by atoms with Gasteiger partial charge in [0, 0.05) is 5.39 Å². The molecular weight excluding hydrogens is 372 g/mol. The van der Waals surface area contributed by atoms with Crippen molar-refractivity contribution in [3.05, 3.63) is 71.9 Å². The van der Waals surface area contributed by atoms with Crippen molar-refractivity contribution in [1.82, 2.24) is 4.98 Å². The summed E-state index contributed by atoms with van der Waals surface area (Å²) in [7, 11) is 0. The summed E-state index contributed by atoms with van der Waals surface area (Å²) < 4.78 is 5.97. The summed E-state index contributed by atoms with van der Waals surface area (Å²) in [6.45, 7) is 4.90. The number of rotatable bonds is 12. The Morgan fingerprint density at radius 1 is 0.867 bits per heavy atom. The first-order chi connectivity index (χ1) is 14.7. The molecule has 1 aromatic heterocycles. The average molecular weight is 407 g/mol. The van der Waals surface area contributed by atoms with Crippen LogP contribution in [0.4, 0.5) is 0 Å². The van der Waals surface area contributed by atoms with Gasteiger partial charge in [-0.1, -0.05) is 75.9 Å². The van der Waals surface area contributed by atoms with Crippen LogP contribution < -0.4 is 10.6 Å². The van der Waals surface area contributed by atoms with Gasteiger partial charge >= 0.3 is 0 Å². The summed E-state index contributed by atoms with van der Waals surface area (Å²) in [5, 5.41) is 1.14. The van der Waals surface area contributed by atoms with Gasteiger partial charge in [-0.2, -0.15) is 0 Å². The quantitative estimate of drug-likeness (QED) is 0.338. The van der Waals surface area contributed by atoms with Crippen molar-refractivity contribution in [2.24, 2.45) is 11.8 Å². The molecule has 0 spiro atoms. The highest BCUT2D eigenvalue weighted by molar-refractivity contribution is 5.78. The lowest BCUT2D eigenvalue weighted by atomic mass is 9.87. The molecule has 0 saturated carbocycles. The van der Waals surface area contributed by atoms with Crippen molar-refractivity contribution in [3.8, 4) is 5.75 Å². The fourth-order valence-electron chi connectivity index (χ4n) is 3.94. The Morgan fingerprint density at radius 3 is 2.23 bits per heavy atom. The van der Waals surface area contributed by atoms with Gasteiger partial charge in [0.2, 0.25) is 0 Å². The van der Waals surface area contributed by atoms with Crippen molar-refractivity contribution >= 4 is 10.9 Å². The Balaban J connectivity index is 1.64. The SMILES string of the molecule is CCCCC(CCCC)C(ON)c1ccc(OCc2ccc3ccccc3n2)cc1. The van der Waals surface area contributed by atoms with Crippen LogP contribution in [-0.2, 0) is 11.4 Å². The molecular formula is C26H34N2O2. The normalized spacial score (nSPS) is 12.4. The van der Waals surface area contributed by atoms with E-state index in [2.05, 4.69) is 43.1 Å². The molecule has 2 aromatic carbocycles. The predicted octanol–water partition coefficient (Wildman–Crippen LogP) is 6.74. The van der Waals surface area contributed by atoms with E-state index in [1.165, 1.54) is 25.7 Å². The third-order valence-corrected chi connectivity index (χ3v) is 5.68. The molecule has 0 bridgehead atoms. The highest BCUT2D eigenvalue weighted by Crippen LogP contribution is 2.33. The molecule has 4 nitrogen and oxygen atoms in total. The fourth-order valence-corrected chi connectivity index (χ4v) is 3.94. The van der Waals surface area contributed by atoms with E-state index >= 15 is 0 Å². The van der Waals surface area contributed by atoms with Crippen molar-refractivity contribution in [3.63, 3.8) is 0 Å². The van der Waals surface area contributed by atoms with Crippen LogP contribution in [0.25, 0.3) is 10.9 Å². The number of benzene rings is 2. The number of aromatic nitrogens is 1. The Hall–Kier alpha value is -2.43. The minimum atomic E-state index is -0.0701. The minimum absolute atomic E-state index is 0.0701. The third kappa shape index (κ3) is 6.04. The van der Waals surface area contributed by atoms with Crippen molar-refractivity contribution < 1.29 is 9.57 Å². The summed E-state index contributed by atoms with van der Waals surface area (Å²) in [4.78, 5) is 10.1. The zero-order valence-corrected chi connectivity index (χ0v) is 18.2. The Labute approximate surface area is 180 Å². The second kappa shape index (κ2) is 11.7. The summed E-state index contributed by atoms with van der Waals surface area (Å²) >= 11 is 0. The Morgan fingerprint density at radius 2 is 1.57 bits per heavy atom. The van der Waals surface area contributed by atoms with Crippen molar-refractivity contribution in [2.75, 3.05) is 0 Å². The lowest BCUT2D eigenvalue weighted by Gasteiger charge is -2.26. The summed E-state index contributed by atoms with van der Waals surface area (Å²) in [6.07, 6.45) is 7.00. The first kappa shape index (κ1) is 22.3. The van der Waals surface area contributed by atoms with Gasteiger partial charge in [0.05, 0.1) is 11.2 Å². The maximum Gasteiger partial charge on any atom is 0.130 e. The van der Waals surface area contributed by atoms with E-state index in [9.17, 15) is 0 Å². The van der Waals surface area contributed by atoms with Crippen molar-refractivity contribution in [2.45, 2.75) is 65.1 Å². The number of fused-ring (bicyclic) bond motifs is 1. The van der Waals surface area contributed by atoms with Gasteiger partial charge < -0.3 is 4.74 Å². The van der Waals surface area contributed by atoms with E-state index in [1.54, 1.807) is 0 Å². The van der Waals surface area contributed by atoms with Gasteiger partial charge in [-0.15, -0.1) is 0 Å². The summed E-state index contributed by atoms with van der Waals surface area (Å²) in [6, 6.07) is 20.4. The molecule has 0 aliphatic carbocycles. The number of ether oxygens (including phenoxy) is 1. The van der Waals surface area contributed by atoms with Crippen LogP contribution in [0.5, 0.6) is 5.75 Å². The summed E-state index contributed by atoms with van der Waals surface area (Å²) in [5.74, 6) is 7.00. The smallest absolute Gasteiger partial charge is 0.130 e. The van der Waals surface area contributed by atoms with E-state index in [4.69, 9.17) is 15.5 Å².